The largest absolute Gasteiger partial charge is 0.464 e. The molecule has 0 saturated heterocycles. The molecule has 0 radical (unpaired) electrons. The molecule has 1 unspecified atom stereocenters. The maximum atomic E-state index is 12.8. The Morgan fingerprint density at radius 3 is 2.57 bits per heavy atom. The van der Waals surface area contributed by atoms with E-state index in [4.69, 9.17) is 10.5 Å². The van der Waals surface area contributed by atoms with Crippen LogP contribution in [0.3, 0.4) is 0 Å². The normalized spacial score (nSPS) is 12.6. The molecule has 0 aliphatic heterocycles. The maximum absolute atomic E-state index is 12.8. The second-order valence-electron chi connectivity index (χ2n) is 4.24. The first-order valence-electron chi connectivity index (χ1n) is 6.11. The number of anilines is 1. The van der Waals surface area contributed by atoms with Gasteiger partial charge in [-0.1, -0.05) is 12.2 Å². The predicted molar refractivity (Wildman–Crippen MR) is 77.0 cm³/mol. The molecule has 1 aromatic carbocycles. The molecule has 0 saturated carbocycles. The molecular weight excluding hydrogens is 305 g/mol. The number of halogens is 3. The van der Waals surface area contributed by atoms with E-state index in [1.165, 1.54) is 19.1 Å². The molecular formula is C13H15F3N2O2S. The Morgan fingerprint density at radius 1 is 1.48 bits per heavy atom. The predicted octanol–water partition coefficient (Wildman–Crippen LogP) is 2.70. The molecule has 1 rings (SSSR count). The summed E-state index contributed by atoms with van der Waals surface area (Å²) >= 11 is 4.64. The van der Waals surface area contributed by atoms with Gasteiger partial charge in [0.2, 0.25) is 0 Å². The lowest BCUT2D eigenvalue weighted by Gasteiger charge is -2.17. The van der Waals surface area contributed by atoms with Crippen LogP contribution in [-0.2, 0) is 15.7 Å². The zero-order valence-electron chi connectivity index (χ0n) is 11.5. The third-order valence-electron chi connectivity index (χ3n) is 2.61. The molecule has 0 aromatic heterocycles. The number of thiocarbonyl (C=S) groups is 1. The smallest absolute Gasteiger partial charge is 0.417 e. The molecule has 0 fully saturated rings. The number of esters is 1. The molecule has 0 spiro atoms. The number of carbonyl (C=O) groups excluding carboxylic acids is 1. The zero-order chi connectivity index (χ0) is 16.2. The van der Waals surface area contributed by atoms with Crippen molar-refractivity contribution in [1.29, 1.82) is 0 Å². The number of carbonyl (C=O) groups is 1. The van der Waals surface area contributed by atoms with Gasteiger partial charge in [-0.2, -0.15) is 13.2 Å². The van der Waals surface area contributed by atoms with E-state index in [2.05, 4.69) is 17.5 Å². The van der Waals surface area contributed by atoms with E-state index in [0.717, 1.165) is 6.07 Å². The van der Waals surface area contributed by atoms with Crippen molar-refractivity contribution in [3.8, 4) is 0 Å². The molecule has 0 aliphatic carbocycles. The van der Waals surface area contributed by atoms with Crippen molar-refractivity contribution in [3.63, 3.8) is 0 Å². The van der Waals surface area contributed by atoms with Crippen LogP contribution >= 0.6 is 12.2 Å². The van der Waals surface area contributed by atoms with Crippen LogP contribution in [0.4, 0.5) is 18.9 Å². The molecule has 1 atom stereocenters. The summed E-state index contributed by atoms with van der Waals surface area (Å²) in [5, 5.41) is 2.74. The highest BCUT2D eigenvalue weighted by atomic mass is 32.1. The van der Waals surface area contributed by atoms with Crippen LogP contribution in [-0.4, -0.2) is 23.6 Å². The minimum absolute atomic E-state index is 0.218. The molecule has 21 heavy (non-hydrogen) atoms. The summed E-state index contributed by atoms with van der Waals surface area (Å²) in [6, 6.07) is 2.54. The molecule has 0 amide bonds. The van der Waals surface area contributed by atoms with Gasteiger partial charge in [-0.05, 0) is 32.0 Å². The Bertz CT molecular complexity index is 547. The second kappa shape index (κ2) is 6.75. The molecule has 0 aliphatic rings. The van der Waals surface area contributed by atoms with Gasteiger partial charge < -0.3 is 15.8 Å². The van der Waals surface area contributed by atoms with E-state index in [1.54, 1.807) is 6.92 Å². The van der Waals surface area contributed by atoms with Crippen molar-refractivity contribution >= 4 is 28.9 Å². The molecule has 3 N–H and O–H groups in total. The van der Waals surface area contributed by atoms with Crippen molar-refractivity contribution in [2.45, 2.75) is 26.1 Å². The number of benzene rings is 1. The molecule has 8 heteroatoms. The van der Waals surface area contributed by atoms with Crippen LogP contribution in [0, 0.1) is 0 Å². The van der Waals surface area contributed by atoms with Gasteiger partial charge in [0.15, 0.2) is 0 Å². The van der Waals surface area contributed by atoms with Gasteiger partial charge in [-0.15, -0.1) is 0 Å². The SMILES string of the molecule is CCOC(=O)C(C)Nc1ccc(C(F)(F)F)c(C(N)=S)c1. The number of alkyl halides is 3. The summed E-state index contributed by atoms with van der Waals surface area (Å²) in [4.78, 5) is 11.1. The molecule has 0 heterocycles. The van der Waals surface area contributed by atoms with E-state index in [-0.39, 0.29) is 17.2 Å². The summed E-state index contributed by atoms with van der Waals surface area (Å²) in [5.74, 6) is -0.505. The minimum Gasteiger partial charge on any atom is -0.464 e. The lowest BCUT2D eigenvalue weighted by atomic mass is 10.1. The third-order valence-corrected chi connectivity index (χ3v) is 2.83. The Hall–Kier alpha value is -1.83. The van der Waals surface area contributed by atoms with Gasteiger partial charge in [-0.3, -0.25) is 0 Å². The monoisotopic (exact) mass is 320 g/mol. The Morgan fingerprint density at radius 2 is 2.10 bits per heavy atom. The average molecular weight is 320 g/mol. The number of ether oxygens (including phenoxy) is 1. The van der Waals surface area contributed by atoms with Gasteiger partial charge in [0.25, 0.3) is 0 Å². The first kappa shape index (κ1) is 17.2. The maximum Gasteiger partial charge on any atom is 0.417 e. The number of hydrogen-bond acceptors (Lipinski definition) is 4. The summed E-state index contributed by atoms with van der Waals surface area (Å²) in [7, 11) is 0. The average Bonchev–Trinajstić information content (AvgIpc) is 2.37. The van der Waals surface area contributed by atoms with Crippen LogP contribution in [0.5, 0.6) is 0 Å². The zero-order valence-corrected chi connectivity index (χ0v) is 12.3. The van der Waals surface area contributed by atoms with Crippen molar-refractivity contribution in [2.75, 3.05) is 11.9 Å². The fraction of sp³-hybridized carbons (Fsp3) is 0.385. The van der Waals surface area contributed by atoms with Crippen LogP contribution in [0.1, 0.15) is 25.0 Å². The lowest BCUT2D eigenvalue weighted by Crippen LogP contribution is -2.28. The van der Waals surface area contributed by atoms with Crippen molar-refractivity contribution in [1.82, 2.24) is 0 Å². The van der Waals surface area contributed by atoms with E-state index in [9.17, 15) is 18.0 Å². The number of hydrogen-bond donors (Lipinski definition) is 2. The Balaban J connectivity index is 3.04. The van der Waals surface area contributed by atoms with Crippen molar-refractivity contribution in [2.24, 2.45) is 5.73 Å². The number of nitrogens with two attached hydrogens (primary N) is 1. The fourth-order valence-corrected chi connectivity index (χ4v) is 1.83. The van der Waals surface area contributed by atoms with Crippen molar-refractivity contribution < 1.29 is 22.7 Å². The first-order valence-corrected chi connectivity index (χ1v) is 6.51. The van der Waals surface area contributed by atoms with Crippen LogP contribution < -0.4 is 11.1 Å². The van der Waals surface area contributed by atoms with Crippen LogP contribution in [0.25, 0.3) is 0 Å². The summed E-state index contributed by atoms with van der Waals surface area (Å²) < 4.78 is 43.3. The van der Waals surface area contributed by atoms with Gasteiger partial charge in [-0.25, -0.2) is 4.79 Å². The minimum atomic E-state index is -4.55. The van der Waals surface area contributed by atoms with E-state index in [0.29, 0.717) is 5.69 Å². The van der Waals surface area contributed by atoms with Crippen molar-refractivity contribution in [3.05, 3.63) is 29.3 Å². The van der Waals surface area contributed by atoms with Gasteiger partial charge in [0.1, 0.15) is 11.0 Å². The topological polar surface area (TPSA) is 64.3 Å². The Kier molecular flexibility index (Phi) is 5.54. The summed E-state index contributed by atoms with van der Waals surface area (Å²) in [5.41, 5.74) is 4.42. The van der Waals surface area contributed by atoms with Gasteiger partial charge in [0.05, 0.1) is 12.2 Å². The van der Waals surface area contributed by atoms with Gasteiger partial charge in [0, 0.05) is 11.3 Å². The highest BCUT2D eigenvalue weighted by molar-refractivity contribution is 7.80. The highest BCUT2D eigenvalue weighted by Gasteiger charge is 2.34. The van der Waals surface area contributed by atoms with E-state index < -0.39 is 23.8 Å². The molecule has 4 nitrogen and oxygen atoms in total. The quantitative estimate of drug-likeness (QED) is 0.645. The standard InChI is InChI=1S/C13H15F3N2O2S/c1-3-20-12(19)7(2)18-8-4-5-10(13(14,15)16)9(6-8)11(17)21/h4-7,18H,3H2,1-2H3,(H2,17,21). The highest BCUT2D eigenvalue weighted by Crippen LogP contribution is 2.33. The lowest BCUT2D eigenvalue weighted by molar-refractivity contribution is -0.143. The second-order valence-corrected chi connectivity index (χ2v) is 4.68. The molecule has 1 aromatic rings. The summed E-state index contributed by atoms with van der Waals surface area (Å²) in [6.07, 6.45) is -4.55. The Labute approximate surface area is 125 Å². The molecule has 0 bridgehead atoms. The van der Waals surface area contributed by atoms with Crippen LogP contribution in [0.2, 0.25) is 0 Å². The van der Waals surface area contributed by atoms with Gasteiger partial charge >= 0.3 is 12.1 Å². The van der Waals surface area contributed by atoms with E-state index >= 15 is 0 Å². The summed E-state index contributed by atoms with van der Waals surface area (Å²) in [6.45, 7) is 3.42. The third kappa shape index (κ3) is 4.59. The first-order chi connectivity index (χ1) is 9.66. The van der Waals surface area contributed by atoms with Crippen LogP contribution in [0.15, 0.2) is 18.2 Å². The molecule has 116 valence electrons. The fourth-order valence-electron chi connectivity index (χ4n) is 1.66. The number of nitrogens with one attached hydrogen (secondary N) is 1. The number of rotatable bonds is 5. The van der Waals surface area contributed by atoms with E-state index in [1.807, 2.05) is 0 Å².